The zero-order valence-electron chi connectivity index (χ0n) is 9.81. The lowest BCUT2D eigenvalue weighted by atomic mass is 10.0. The summed E-state index contributed by atoms with van der Waals surface area (Å²) < 4.78 is 14.9. The molecular formula is C14H8Br2ClFO. The Morgan fingerprint density at radius 3 is 2.47 bits per heavy atom. The molecule has 0 aliphatic carbocycles. The van der Waals surface area contributed by atoms with E-state index in [1.807, 2.05) is 0 Å². The highest BCUT2D eigenvalue weighted by Crippen LogP contribution is 2.28. The van der Waals surface area contributed by atoms with Crippen molar-refractivity contribution >= 4 is 49.2 Å². The molecule has 0 spiro atoms. The van der Waals surface area contributed by atoms with Crippen LogP contribution in [0.5, 0.6) is 0 Å². The first kappa shape index (κ1) is 14.7. The Morgan fingerprint density at radius 1 is 1.16 bits per heavy atom. The Bertz CT molecular complexity index is 671. The van der Waals surface area contributed by atoms with E-state index in [9.17, 15) is 9.18 Å². The van der Waals surface area contributed by atoms with Gasteiger partial charge in [0.25, 0.3) is 0 Å². The minimum absolute atomic E-state index is 0.114. The van der Waals surface area contributed by atoms with Gasteiger partial charge in [-0.25, -0.2) is 4.39 Å². The summed E-state index contributed by atoms with van der Waals surface area (Å²) >= 11 is 12.6. The van der Waals surface area contributed by atoms with Crippen LogP contribution < -0.4 is 0 Å². The molecule has 0 bridgehead atoms. The van der Waals surface area contributed by atoms with Crippen LogP contribution in [0.3, 0.4) is 0 Å². The van der Waals surface area contributed by atoms with E-state index in [2.05, 4.69) is 31.9 Å². The van der Waals surface area contributed by atoms with Crippen molar-refractivity contribution in [2.75, 3.05) is 0 Å². The molecule has 19 heavy (non-hydrogen) atoms. The highest BCUT2D eigenvalue weighted by molar-refractivity contribution is 9.11. The van der Waals surface area contributed by atoms with E-state index < -0.39 is 5.82 Å². The standard InChI is InChI=1S/C14H8Br2ClFO/c1-7-4-10(12(17)6-13(7)18)14(19)9-3-2-8(15)5-11(9)16/h2-6H,1H3. The first-order chi connectivity index (χ1) is 8.90. The number of hydrogen-bond acceptors (Lipinski definition) is 1. The summed E-state index contributed by atoms with van der Waals surface area (Å²) in [4.78, 5) is 12.4. The first-order valence-electron chi connectivity index (χ1n) is 5.35. The first-order valence-corrected chi connectivity index (χ1v) is 7.32. The van der Waals surface area contributed by atoms with Gasteiger partial charge in [0.1, 0.15) is 5.82 Å². The van der Waals surface area contributed by atoms with Crippen LogP contribution in [0.4, 0.5) is 4.39 Å². The van der Waals surface area contributed by atoms with Crippen molar-refractivity contribution in [1.29, 1.82) is 0 Å². The van der Waals surface area contributed by atoms with Gasteiger partial charge in [0, 0.05) is 20.1 Å². The molecule has 1 nitrogen and oxygen atoms in total. The number of carbonyl (C=O) groups excluding carboxylic acids is 1. The molecular weight excluding hydrogens is 398 g/mol. The third kappa shape index (κ3) is 3.07. The Kier molecular flexibility index (Phi) is 4.43. The SMILES string of the molecule is Cc1cc(C(=O)c2ccc(Br)cc2Br)c(Cl)cc1F. The molecule has 0 aliphatic rings. The fraction of sp³-hybridized carbons (Fsp3) is 0.0714. The van der Waals surface area contributed by atoms with Crippen LogP contribution in [0, 0.1) is 12.7 Å². The second-order valence-corrected chi connectivity index (χ2v) is 6.21. The third-order valence-electron chi connectivity index (χ3n) is 2.67. The predicted octanol–water partition coefficient (Wildman–Crippen LogP) is 5.54. The second-order valence-electron chi connectivity index (χ2n) is 4.03. The van der Waals surface area contributed by atoms with E-state index in [-0.39, 0.29) is 10.8 Å². The normalized spacial score (nSPS) is 10.6. The van der Waals surface area contributed by atoms with E-state index in [1.54, 1.807) is 25.1 Å². The Balaban J connectivity index is 2.53. The molecule has 98 valence electrons. The summed E-state index contributed by atoms with van der Waals surface area (Å²) in [6.45, 7) is 1.60. The highest BCUT2D eigenvalue weighted by Gasteiger charge is 2.17. The van der Waals surface area contributed by atoms with E-state index in [4.69, 9.17) is 11.6 Å². The third-order valence-corrected chi connectivity index (χ3v) is 4.13. The average molecular weight is 406 g/mol. The second kappa shape index (κ2) is 5.73. The zero-order valence-corrected chi connectivity index (χ0v) is 13.7. The monoisotopic (exact) mass is 404 g/mol. The average Bonchev–Trinajstić information content (AvgIpc) is 2.33. The topological polar surface area (TPSA) is 17.1 Å². The van der Waals surface area contributed by atoms with Gasteiger partial charge >= 0.3 is 0 Å². The van der Waals surface area contributed by atoms with Gasteiger partial charge in [-0.3, -0.25) is 4.79 Å². The van der Waals surface area contributed by atoms with Crippen LogP contribution in [0.2, 0.25) is 5.02 Å². The minimum atomic E-state index is -0.420. The molecule has 2 aromatic carbocycles. The fourth-order valence-electron chi connectivity index (χ4n) is 1.65. The number of rotatable bonds is 2. The maximum Gasteiger partial charge on any atom is 0.195 e. The van der Waals surface area contributed by atoms with Crippen LogP contribution in [-0.4, -0.2) is 5.78 Å². The van der Waals surface area contributed by atoms with Gasteiger partial charge in [-0.05, 0) is 58.7 Å². The maximum absolute atomic E-state index is 13.3. The van der Waals surface area contributed by atoms with E-state index >= 15 is 0 Å². The van der Waals surface area contributed by atoms with E-state index in [1.165, 1.54) is 6.07 Å². The van der Waals surface area contributed by atoms with Crippen LogP contribution in [0.1, 0.15) is 21.5 Å². The van der Waals surface area contributed by atoms with Crippen LogP contribution >= 0.6 is 43.5 Å². The molecule has 0 N–H and O–H groups in total. The summed E-state index contributed by atoms with van der Waals surface area (Å²) in [5.41, 5.74) is 1.17. The van der Waals surface area contributed by atoms with Crippen molar-refractivity contribution in [2.45, 2.75) is 6.92 Å². The van der Waals surface area contributed by atoms with Gasteiger partial charge in [0.15, 0.2) is 5.78 Å². The number of halogens is 4. The molecule has 0 aromatic heterocycles. The largest absolute Gasteiger partial charge is 0.289 e. The van der Waals surface area contributed by atoms with Gasteiger partial charge in [0.05, 0.1) is 5.02 Å². The molecule has 0 radical (unpaired) electrons. The van der Waals surface area contributed by atoms with Gasteiger partial charge in [-0.1, -0.05) is 27.5 Å². The van der Waals surface area contributed by atoms with Crippen molar-refractivity contribution < 1.29 is 9.18 Å². The summed E-state index contributed by atoms with van der Waals surface area (Å²) in [6.07, 6.45) is 0. The van der Waals surface area contributed by atoms with E-state index in [0.29, 0.717) is 21.2 Å². The summed E-state index contributed by atoms with van der Waals surface area (Å²) in [5.74, 6) is -0.663. The Labute approximate surface area is 132 Å². The number of hydrogen-bond donors (Lipinski definition) is 0. The van der Waals surface area contributed by atoms with Gasteiger partial charge in [-0.2, -0.15) is 0 Å². The fourth-order valence-corrected chi connectivity index (χ4v) is 3.11. The smallest absolute Gasteiger partial charge is 0.195 e. The molecule has 0 saturated carbocycles. The summed E-state index contributed by atoms with van der Waals surface area (Å²) in [5, 5.41) is 0.114. The minimum Gasteiger partial charge on any atom is -0.289 e. The number of carbonyl (C=O) groups is 1. The molecule has 5 heteroatoms. The van der Waals surface area contributed by atoms with Crippen molar-refractivity contribution in [2.24, 2.45) is 0 Å². The quantitative estimate of drug-likeness (QED) is 0.598. The van der Waals surface area contributed by atoms with Crippen molar-refractivity contribution in [3.05, 3.63) is 66.8 Å². The Hall–Kier alpha value is -0.710. The molecule has 0 saturated heterocycles. The zero-order chi connectivity index (χ0) is 14.2. The maximum atomic E-state index is 13.3. The van der Waals surface area contributed by atoms with Crippen molar-refractivity contribution in [3.63, 3.8) is 0 Å². The van der Waals surface area contributed by atoms with Crippen molar-refractivity contribution in [3.8, 4) is 0 Å². The lowest BCUT2D eigenvalue weighted by molar-refractivity contribution is 0.103. The molecule has 0 heterocycles. The molecule has 0 aliphatic heterocycles. The predicted molar refractivity (Wildman–Crippen MR) is 81.4 cm³/mol. The number of ketones is 1. The summed E-state index contributed by atoms with van der Waals surface area (Å²) in [6, 6.07) is 7.86. The number of benzene rings is 2. The molecule has 0 fully saturated rings. The highest BCUT2D eigenvalue weighted by atomic mass is 79.9. The molecule has 0 atom stereocenters. The summed E-state index contributed by atoms with van der Waals surface area (Å²) in [7, 11) is 0. The van der Waals surface area contributed by atoms with Gasteiger partial charge in [-0.15, -0.1) is 0 Å². The lowest BCUT2D eigenvalue weighted by Crippen LogP contribution is -2.04. The van der Waals surface area contributed by atoms with Gasteiger partial charge in [0.2, 0.25) is 0 Å². The van der Waals surface area contributed by atoms with Crippen LogP contribution in [0.25, 0.3) is 0 Å². The molecule has 2 aromatic rings. The Morgan fingerprint density at radius 2 is 1.84 bits per heavy atom. The van der Waals surface area contributed by atoms with Crippen molar-refractivity contribution in [1.82, 2.24) is 0 Å². The lowest BCUT2D eigenvalue weighted by Gasteiger charge is -2.08. The van der Waals surface area contributed by atoms with Crippen LogP contribution in [0.15, 0.2) is 39.3 Å². The van der Waals surface area contributed by atoms with Crippen LogP contribution in [-0.2, 0) is 0 Å². The van der Waals surface area contributed by atoms with E-state index in [0.717, 1.165) is 10.5 Å². The molecule has 0 unspecified atom stereocenters. The molecule has 0 amide bonds. The molecule has 2 rings (SSSR count). The van der Waals surface area contributed by atoms with Gasteiger partial charge < -0.3 is 0 Å². The number of aryl methyl sites for hydroxylation is 1.